The van der Waals surface area contributed by atoms with E-state index in [1.165, 1.54) is 0 Å². The number of carboxylic acid groups (broad SMARTS) is 1. The van der Waals surface area contributed by atoms with E-state index in [-0.39, 0.29) is 18.1 Å². The van der Waals surface area contributed by atoms with Gasteiger partial charge in [0, 0.05) is 17.9 Å². The molecule has 0 bridgehead atoms. The van der Waals surface area contributed by atoms with Crippen LogP contribution < -0.4 is 4.74 Å². The summed E-state index contributed by atoms with van der Waals surface area (Å²) in [7, 11) is 1.65. The van der Waals surface area contributed by atoms with E-state index in [9.17, 15) is 9.59 Å². The molecule has 0 amide bonds. The maximum atomic E-state index is 12.7. The van der Waals surface area contributed by atoms with Gasteiger partial charge in [-0.25, -0.2) is 0 Å². The van der Waals surface area contributed by atoms with Crippen molar-refractivity contribution in [3.63, 3.8) is 0 Å². The highest BCUT2D eigenvalue weighted by atomic mass is 16.5. The monoisotopic (exact) mass is 338 g/mol. The fraction of sp³-hybridized carbons (Fsp3) is 0.333. The van der Waals surface area contributed by atoms with Crippen molar-refractivity contribution in [3.05, 3.63) is 53.6 Å². The molecule has 0 heterocycles. The smallest absolute Gasteiger partial charge is 0.303 e. The summed E-state index contributed by atoms with van der Waals surface area (Å²) in [6.07, 6.45) is 3.02. The minimum atomic E-state index is -0.798. The number of Topliss-reactive ketones (excluding diaryl/α,β-unsaturated/α-hetero) is 1. The first-order valence-corrected chi connectivity index (χ1v) is 8.62. The molecule has 1 N–H and O–H groups in total. The predicted octanol–water partition coefficient (Wildman–Crippen LogP) is 4.36. The molecular weight excluding hydrogens is 316 g/mol. The quantitative estimate of drug-likeness (QED) is 0.850. The number of fused-ring (bicyclic) bond motifs is 1. The van der Waals surface area contributed by atoms with E-state index in [0.29, 0.717) is 12.8 Å². The number of ether oxygens (including phenoxy) is 1. The van der Waals surface area contributed by atoms with Gasteiger partial charge in [0.2, 0.25) is 0 Å². The van der Waals surface area contributed by atoms with Gasteiger partial charge in [-0.1, -0.05) is 30.3 Å². The van der Waals surface area contributed by atoms with Crippen LogP contribution in [-0.4, -0.2) is 24.0 Å². The molecule has 1 aliphatic carbocycles. The van der Waals surface area contributed by atoms with Crippen molar-refractivity contribution in [2.75, 3.05) is 7.11 Å². The van der Waals surface area contributed by atoms with E-state index in [4.69, 9.17) is 9.84 Å². The van der Waals surface area contributed by atoms with Crippen LogP contribution in [-0.2, 0) is 11.2 Å². The number of hydrogen-bond acceptors (Lipinski definition) is 3. The molecule has 3 rings (SSSR count). The Labute approximate surface area is 147 Å². The van der Waals surface area contributed by atoms with Gasteiger partial charge in [-0.3, -0.25) is 9.59 Å². The van der Waals surface area contributed by atoms with Crippen LogP contribution in [0.25, 0.3) is 11.1 Å². The number of hydrogen-bond donors (Lipinski definition) is 1. The standard InChI is InChI=1S/C21H22O4/c1-25-18-10-7-14(8-11-18)16-9-12-19-17(13-16)6-5-15(21(19)24)3-2-4-20(22)23/h7-13,15H,2-6H2,1H3,(H,22,23). The molecule has 1 atom stereocenters. The molecule has 4 heteroatoms. The number of carboxylic acids is 1. The van der Waals surface area contributed by atoms with Crippen molar-refractivity contribution < 1.29 is 19.4 Å². The molecule has 25 heavy (non-hydrogen) atoms. The molecule has 4 nitrogen and oxygen atoms in total. The van der Waals surface area contributed by atoms with Gasteiger partial charge in [0.15, 0.2) is 5.78 Å². The van der Waals surface area contributed by atoms with Crippen molar-refractivity contribution >= 4 is 11.8 Å². The second-order valence-corrected chi connectivity index (χ2v) is 6.49. The SMILES string of the molecule is COc1ccc(-c2ccc3c(c2)CCC(CCCC(=O)O)C3=O)cc1. The number of carbonyl (C=O) groups is 2. The molecule has 2 aromatic rings. The van der Waals surface area contributed by atoms with Crippen LogP contribution >= 0.6 is 0 Å². The molecule has 0 spiro atoms. The predicted molar refractivity (Wildman–Crippen MR) is 96.1 cm³/mol. The van der Waals surface area contributed by atoms with E-state index in [1.807, 2.05) is 36.4 Å². The van der Waals surface area contributed by atoms with Crippen molar-refractivity contribution in [2.24, 2.45) is 5.92 Å². The Morgan fingerprint density at radius 2 is 1.88 bits per heavy atom. The summed E-state index contributed by atoms with van der Waals surface area (Å²) < 4.78 is 5.19. The molecule has 0 aliphatic heterocycles. The third-order valence-corrected chi connectivity index (χ3v) is 4.87. The van der Waals surface area contributed by atoms with E-state index in [2.05, 4.69) is 6.07 Å². The van der Waals surface area contributed by atoms with Crippen LogP contribution in [0, 0.1) is 5.92 Å². The lowest BCUT2D eigenvalue weighted by Gasteiger charge is -2.23. The fourth-order valence-corrected chi connectivity index (χ4v) is 3.46. The van der Waals surface area contributed by atoms with Crippen LogP contribution in [0.1, 0.15) is 41.6 Å². The number of benzene rings is 2. The highest BCUT2D eigenvalue weighted by Crippen LogP contribution is 2.32. The van der Waals surface area contributed by atoms with Crippen molar-refractivity contribution in [3.8, 4) is 16.9 Å². The van der Waals surface area contributed by atoms with Crippen LogP contribution in [0.4, 0.5) is 0 Å². The van der Waals surface area contributed by atoms with Crippen LogP contribution in [0.5, 0.6) is 5.75 Å². The minimum Gasteiger partial charge on any atom is -0.497 e. The first-order chi connectivity index (χ1) is 12.1. The molecule has 2 aromatic carbocycles. The summed E-state index contributed by atoms with van der Waals surface area (Å²) >= 11 is 0. The zero-order valence-corrected chi connectivity index (χ0v) is 14.3. The van der Waals surface area contributed by atoms with E-state index < -0.39 is 5.97 Å². The molecule has 0 fully saturated rings. The highest BCUT2D eigenvalue weighted by molar-refractivity contribution is 6.00. The highest BCUT2D eigenvalue weighted by Gasteiger charge is 2.27. The van der Waals surface area contributed by atoms with Crippen LogP contribution in [0.15, 0.2) is 42.5 Å². The summed E-state index contributed by atoms with van der Waals surface area (Å²) in [5.41, 5.74) is 4.08. The molecule has 0 aromatic heterocycles. The van der Waals surface area contributed by atoms with Gasteiger partial charge in [0.05, 0.1) is 7.11 Å². The Kier molecular flexibility index (Phi) is 5.17. The maximum Gasteiger partial charge on any atom is 0.303 e. The average Bonchev–Trinajstić information content (AvgIpc) is 2.63. The van der Waals surface area contributed by atoms with Gasteiger partial charge in [-0.15, -0.1) is 0 Å². The Morgan fingerprint density at radius 1 is 1.16 bits per heavy atom. The van der Waals surface area contributed by atoms with Gasteiger partial charge in [0.1, 0.15) is 5.75 Å². The van der Waals surface area contributed by atoms with Crippen molar-refractivity contribution in [1.82, 2.24) is 0 Å². The van der Waals surface area contributed by atoms with Crippen molar-refractivity contribution in [2.45, 2.75) is 32.1 Å². The minimum absolute atomic E-state index is 0.0429. The second-order valence-electron chi connectivity index (χ2n) is 6.49. The van der Waals surface area contributed by atoms with E-state index >= 15 is 0 Å². The maximum absolute atomic E-state index is 12.7. The molecular formula is C21H22O4. The van der Waals surface area contributed by atoms with Gasteiger partial charge >= 0.3 is 5.97 Å². The molecule has 0 radical (unpaired) electrons. The number of methoxy groups -OCH3 is 1. The molecule has 0 saturated heterocycles. The van der Waals surface area contributed by atoms with E-state index in [0.717, 1.165) is 40.8 Å². The summed E-state index contributed by atoms with van der Waals surface area (Å²) in [6, 6.07) is 13.9. The summed E-state index contributed by atoms with van der Waals surface area (Å²) in [5, 5.41) is 8.75. The number of aliphatic carboxylic acids is 1. The van der Waals surface area contributed by atoms with Crippen LogP contribution in [0.3, 0.4) is 0 Å². The fourth-order valence-electron chi connectivity index (χ4n) is 3.46. The molecule has 1 unspecified atom stereocenters. The number of aryl methyl sites for hydroxylation is 1. The zero-order valence-electron chi connectivity index (χ0n) is 14.3. The number of rotatable bonds is 6. The largest absolute Gasteiger partial charge is 0.497 e. The molecule has 0 saturated carbocycles. The first kappa shape index (κ1) is 17.2. The number of carbonyl (C=O) groups excluding carboxylic acids is 1. The lowest BCUT2D eigenvalue weighted by atomic mass is 9.79. The topological polar surface area (TPSA) is 63.6 Å². The second kappa shape index (κ2) is 7.51. The van der Waals surface area contributed by atoms with Gasteiger partial charge < -0.3 is 9.84 Å². The Morgan fingerprint density at radius 3 is 2.56 bits per heavy atom. The lowest BCUT2D eigenvalue weighted by molar-refractivity contribution is -0.137. The number of ketones is 1. The van der Waals surface area contributed by atoms with Gasteiger partial charge in [-0.2, -0.15) is 0 Å². The normalized spacial score (nSPS) is 16.4. The zero-order chi connectivity index (χ0) is 17.8. The average molecular weight is 338 g/mol. The Hall–Kier alpha value is -2.62. The first-order valence-electron chi connectivity index (χ1n) is 8.62. The molecule has 1 aliphatic rings. The lowest BCUT2D eigenvalue weighted by Crippen LogP contribution is -2.22. The van der Waals surface area contributed by atoms with E-state index in [1.54, 1.807) is 7.11 Å². The van der Waals surface area contributed by atoms with Gasteiger partial charge in [-0.05, 0) is 54.5 Å². The Bertz CT molecular complexity index is 777. The third kappa shape index (κ3) is 3.90. The summed E-state index contributed by atoms with van der Waals surface area (Å²) in [4.78, 5) is 23.3. The third-order valence-electron chi connectivity index (χ3n) is 4.87. The summed E-state index contributed by atoms with van der Waals surface area (Å²) in [6.45, 7) is 0. The summed E-state index contributed by atoms with van der Waals surface area (Å²) in [5.74, 6) is 0.139. The Balaban J connectivity index is 1.75. The van der Waals surface area contributed by atoms with Crippen molar-refractivity contribution in [1.29, 1.82) is 0 Å². The van der Waals surface area contributed by atoms with Crippen LogP contribution in [0.2, 0.25) is 0 Å². The molecule has 130 valence electrons. The van der Waals surface area contributed by atoms with Gasteiger partial charge in [0.25, 0.3) is 0 Å².